The van der Waals surface area contributed by atoms with Crippen LogP contribution < -0.4 is 20.5 Å². The number of nitrogens with one attached hydrogen (secondary N) is 1. The van der Waals surface area contributed by atoms with E-state index >= 15 is 0 Å². The average Bonchev–Trinajstić information content (AvgIpc) is 2.96. The zero-order valence-corrected chi connectivity index (χ0v) is 17.4. The van der Waals surface area contributed by atoms with Crippen LogP contribution in [-0.4, -0.2) is 25.7 Å². The predicted molar refractivity (Wildman–Crippen MR) is 115 cm³/mol. The second kappa shape index (κ2) is 9.86. The highest BCUT2D eigenvalue weighted by molar-refractivity contribution is 14.0. The van der Waals surface area contributed by atoms with Crippen molar-refractivity contribution in [3.05, 3.63) is 40.6 Å². The van der Waals surface area contributed by atoms with Crippen molar-refractivity contribution in [1.82, 2.24) is 0 Å². The predicted octanol–water partition coefficient (Wildman–Crippen LogP) is 4.13. The van der Waals surface area contributed by atoms with E-state index in [2.05, 4.69) is 34.7 Å². The fraction of sp³-hybridized carbons (Fsp3) is 0.389. The molecule has 1 aliphatic heterocycles. The molecule has 0 bridgehead atoms. The van der Waals surface area contributed by atoms with E-state index < -0.39 is 0 Å². The van der Waals surface area contributed by atoms with E-state index in [0.717, 1.165) is 30.0 Å². The molecule has 0 aliphatic carbocycles. The fourth-order valence-electron chi connectivity index (χ4n) is 2.52. The van der Waals surface area contributed by atoms with Crippen molar-refractivity contribution in [3.8, 4) is 11.5 Å². The number of anilines is 1. The van der Waals surface area contributed by atoms with Gasteiger partial charge in [-0.15, -0.1) is 35.3 Å². The number of nitrogens with zero attached hydrogens (tertiary/aromatic N) is 1. The molecule has 1 atom stereocenters. The van der Waals surface area contributed by atoms with E-state index in [0.29, 0.717) is 31.6 Å². The Morgan fingerprint density at radius 2 is 2.08 bits per heavy atom. The topological polar surface area (TPSA) is 68.9 Å². The molecule has 3 rings (SSSR count). The zero-order valence-electron chi connectivity index (χ0n) is 14.2. The number of fused-ring (bicyclic) bond motifs is 1. The van der Waals surface area contributed by atoms with Crippen molar-refractivity contribution in [3.63, 3.8) is 0 Å². The van der Waals surface area contributed by atoms with Gasteiger partial charge in [-0.2, -0.15) is 0 Å². The molecule has 2 aromatic rings. The summed E-state index contributed by atoms with van der Waals surface area (Å²) in [7, 11) is 0. The Bertz CT molecular complexity index is 692. The van der Waals surface area contributed by atoms with Crippen LogP contribution in [0.25, 0.3) is 0 Å². The Labute approximate surface area is 169 Å². The van der Waals surface area contributed by atoms with Gasteiger partial charge in [-0.05, 0) is 35.9 Å². The van der Waals surface area contributed by atoms with Crippen LogP contribution in [-0.2, 0) is 6.42 Å². The lowest BCUT2D eigenvalue weighted by Gasteiger charge is -2.11. The van der Waals surface area contributed by atoms with Crippen LogP contribution in [0, 0.1) is 5.92 Å². The van der Waals surface area contributed by atoms with Gasteiger partial charge < -0.3 is 20.5 Å². The van der Waals surface area contributed by atoms with E-state index in [9.17, 15) is 0 Å². The molecule has 7 heteroatoms. The van der Waals surface area contributed by atoms with Crippen molar-refractivity contribution >= 4 is 47.0 Å². The van der Waals surface area contributed by atoms with Gasteiger partial charge >= 0.3 is 0 Å². The monoisotopic (exact) mass is 473 g/mol. The molecule has 0 amide bonds. The average molecular weight is 473 g/mol. The number of ether oxygens (including phenoxy) is 2. The Morgan fingerprint density at radius 3 is 2.84 bits per heavy atom. The van der Waals surface area contributed by atoms with Crippen LogP contribution in [0.3, 0.4) is 0 Å². The van der Waals surface area contributed by atoms with Gasteiger partial charge in [-0.25, -0.2) is 0 Å². The Kier molecular flexibility index (Phi) is 7.83. The van der Waals surface area contributed by atoms with E-state index in [4.69, 9.17) is 15.2 Å². The number of aliphatic imine (C=N–C) groups is 1. The second-order valence-electron chi connectivity index (χ2n) is 5.95. The van der Waals surface area contributed by atoms with E-state index in [1.54, 1.807) is 11.3 Å². The quantitative estimate of drug-likeness (QED) is 0.389. The van der Waals surface area contributed by atoms with Crippen molar-refractivity contribution in [2.24, 2.45) is 16.6 Å². The smallest absolute Gasteiger partial charge is 0.193 e. The first-order valence-electron chi connectivity index (χ1n) is 8.19. The molecule has 0 fully saturated rings. The maximum absolute atomic E-state index is 6.00. The molecular weight excluding hydrogens is 449 g/mol. The highest BCUT2D eigenvalue weighted by Crippen LogP contribution is 2.32. The minimum atomic E-state index is 0. The lowest BCUT2D eigenvalue weighted by Crippen LogP contribution is -2.23. The molecule has 1 aliphatic rings. The fourth-order valence-corrected chi connectivity index (χ4v) is 3.39. The summed E-state index contributed by atoms with van der Waals surface area (Å²) in [5.74, 6) is 2.39. The molecular formula is C18H24IN3O2S. The number of hydrogen-bond donors (Lipinski definition) is 2. The molecule has 25 heavy (non-hydrogen) atoms. The van der Waals surface area contributed by atoms with Crippen LogP contribution >= 0.6 is 35.3 Å². The van der Waals surface area contributed by atoms with Crippen LogP contribution in [0.2, 0.25) is 0 Å². The lowest BCUT2D eigenvalue weighted by atomic mass is 10.1. The van der Waals surface area contributed by atoms with Gasteiger partial charge in [0.1, 0.15) is 0 Å². The second-order valence-corrected chi connectivity index (χ2v) is 6.98. The summed E-state index contributed by atoms with van der Waals surface area (Å²) in [6.07, 6.45) is 1.92. The third kappa shape index (κ3) is 6.07. The molecule has 3 N–H and O–H groups in total. The molecule has 0 saturated carbocycles. The van der Waals surface area contributed by atoms with E-state index in [-0.39, 0.29) is 24.0 Å². The standard InChI is InChI=1S/C18H23N3O2S.HI/c1-13(10-15-4-2-9-24-15)12-20-18(19)21-14-5-6-16-17(11-14)23-8-3-7-22-16;/h2,4-6,9,11,13H,3,7-8,10,12H2,1H3,(H3,19,20,21);1H. The number of thiophene rings is 1. The first kappa shape index (κ1) is 19.8. The Hall–Kier alpha value is -1.48. The number of guanidine groups is 1. The molecule has 0 spiro atoms. The Balaban J connectivity index is 0.00000225. The van der Waals surface area contributed by atoms with Crippen molar-refractivity contribution in [2.45, 2.75) is 19.8 Å². The Morgan fingerprint density at radius 1 is 1.28 bits per heavy atom. The maximum atomic E-state index is 6.00. The van der Waals surface area contributed by atoms with Gasteiger partial charge in [0.05, 0.1) is 13.2 Å². The summed E-state index contributed by atoms with van der Waals surface area (Å²) in [6, 6.07) is 9.96. The molecule has 2 heterocycles. The summed E-state index contributed by atoms with van der Waals surface area (Å²) in [5.41, 5.74) is 6.86. The molecule has 1 aromatic carbocycles. The molecule has 1 unspecified atom stereocenters. The zero-order chi connectivity index (χ0) is 16.8. The summed E-state index contributed by atoms with van der Waals surface area (Å²) in [4.78, 5) is 5.83. The summed E-state index contributed by atoms with van der Waals surface area (Å²) in [5, 5.41) is 5.22. The largest absolute Gasteiger partial charge is 0.490 e. The van der Waals surface area contributed by atoms with Gasteiger partial charge in [-0.1, -0.05) is 13.0 Å². The molecule has 136 valence electrons. The van der Waals surface area contributed by atoms with Gasteiger partial charge in [0.2, 0.25) is 0 Å². The maximum Gasteiger partial charge on any atom is 0.193 e. The van der Waals surface area contributed by atoms with Gasteiger partial charge in [0, 0.05) is 29.6 Å². The normalized spacial score (nSPS) is 15.0. The van der Waals surface area contributed by atoms with Crippen LogP contribution in [0.5, 0.6) is 11.5 Å². The van der Waals surface area contributed by atoms with Crippen molar-refractivity contribution in [2.75, 3.05) is 25.1 Å². The minimum Gasteiger partial charge on any atom is -0.490 e. The lowest BCUT2D eigenvalue weighted by molar-refractivity contribution is 0.297. The van der Waals surface area contributed by atoms with Crippen molar-refractivity contribution in [1.29, 1.82) is 0 Å². The minimum absolute atomic E-state index is 0. The highest BCUT2D eigenvalue weighted by atomic mass is 127. The number of rotatable bonds is 5. The van der Waals surface area contributed by atoms with Crippen molar-refractivity contribution < 1.29 is 9.47 Å². The first-order valence-corrected chi connectivity index (χ1v) is 9.07. The SMILES string of the molecule is CC(CN=C(N)Nc1ccc2c(c1)OCCCO2)Cc1cccs1.I. The molecule has 0 radical (unpaired) electrons. The third-order valence-corrected chi connectivity index (χ3v) is 4.62. The molecule has 1 aromatic heterocycles. The van der Waals surface area contributed by atoms with Gasteiger partial charge in [-0.3, -0.25) is 4.99 Å². The highest BCUT2D eigenvalue weighted by Gasteiger charge is 2.11. The summed E-state index contributed by atoms with van der Waals surface area (Å²) in [6.45, 7) is 4.23. The number of hydrogen-bond acceptors (Lipinski definition) is 4. The molecule has 0 saturated heterocycles. The van der Waals surface area contributed by atoms with E-state index in [1.165, 1.54) is 4.88 Å². The number of nitrogens with two attached hydrogens (primary N) is 1. The van der Waals surface area contributed by atoms with Gasteiger partial charge in [0.15, 0.2) is 17.5 Å². The number of benzene rings is 1. The van der Waals surface area contributed by atoms with Crippen LogP contribution in [0.4, 0.5) is 5.69 Å². The summed E-state index contributed by atoms with van der Waals surface area (Å²) < 4.78 is 11.3. The third-order valence-electron chi connectivity index (χ3n) is 3.72. The first-order chi connectivity index (χ1) is 11.7. The van der Waals surface area contributed by atoms with Gasteiger partial charge in [0.25, 0.3) is 0 Å². The number of halogens is 1. The van der Waals surface area contributed by atoms with Crippen LogP contribution in [0.1, 0.15) is 18.2 Å². The van der Waals surface area contributed by atoms with E-state index in [1.807, 2.05) is 18.2 Å². The molecule has 5 nitrogen and oxygen atoms in total. The van der Waals surface area contributed by atoms with Crippen LogP contribution in [0.15, 0.2) is 40.7 Å². The summed E-state index contributed by atoms with van der Waals surface area (Å²) >= 11 is 1.78.